The molecule has 1 aromatic carbocycles. The highest BCUT2D eigenvalue weighted by Crippen LogP contribution is 2.30. The third kappa shape index (κ3) is 2.55. The predicted molar refractivity (Wildman–Crippen MR) is 67.4 cm³/mol. The minimum absolute atomic E-state index is 0.201. The van der Waals surface area contributed by atoms with Crippen molar-refractivity contribution in [1.29, 1.82) is 0 Å². The number of rotatable bonds is 4. The zero-order valence-electron chi connectivity index (χ0n) is 9.83. The van der Waals surface area contributed by atoms with Gasteiger partial charge in [-0.25, -0.2) is 4.39 Å². The number of hydrogen-bond acceptors (Lipinski definition) is 3. The van der Waals surface area contributed by atoms with Gasteiger partial charge in [0.25, 0.3) is 0 Å². The molecule has 0 amide bonds. The average molecular weight is 246 g/mol. The summed E-state index contributed by atoms with van der Waals surface area (Å²) in [6, 6.07) is 11.5. The zero-order chi connectivity index (χ0) is 13.0. The molecule has 0 saturated carbocycles. The second kappa shape index (κ2) is 5.71. The number of aliphatic hydroxyl groups excluding tert-OH is 1. The molecule has 0 fully saturated rings. The molecule has 1 aromatic heterocycles. The van der Waals surface area contributed by atoms with E-state index < -0.39 is 17.8 Å². The molecule has 18 heavy (non-hydrogen) atoms. The maximum absolute atomic E-state index is 13.6. The van der Waals surface area contributed by atoms with Crippen molar-refractivity contribution in [3.8, 4) is 0 Å². The Kier molecular flexibility index (Phi) is 4.02. The van der Waals surface area contributed by atoms with Gasteiger partial charge in [-0.1, -0.05) is 24.3 Å². The summed E-state index contributed by atoms with van der Waals surface area (Å²) < 4.78 is 13.6. The van der Waals surface area contributed by atoms with Crippen LogP contribution >= 0.6 is 0 Å². The van der Waals surface area contributed by atoms with Crippen LogP contribution in [-0.4, -0.2) is 16.6 Å². The fourth-order valence-electron chi connectivity index (χ4n) is 1.94. The summed E-state index contributed by atoms with van der Waals surface area (Å²) in [5.41, 5.74) is 6.58. The lowest BCUT2D eigenvalue weighted by Crippen LogP contribution is -2.21. The summed E-state index contributed by atoms with van der Waals surface area (Å²) in [7, 11) is 0. The smallest absolute Gasteiger partial charge is 0.129 e. The van der Waals surface area contributed by atoms with Crippen molar-refractivity contribution < 1.29 is 9.50 Å². The number of benzene rings is 1. The Morgan fingerprint density at radius 1 is 1.17 bits per heavy atom. The van der Waals surface area contributed by atoms with Gasteiger partial charge in [-0.2, -0.15) is 0 Å². The first-order chi connectivity index (χ1) is 8.74. The summed E-state index contributed by atoms with van der Waals surface area (Å²) in [6.45, 7) is 0.201. The Hall–Kier alpha value is -1.78. The predicted octanol–water partition coefficient (Wildman–Crippen LogP) is 2.00. The van der Waals surface area contributed by atoms with Crippen LogP contribution in [0, 0.1) is 5.82 Å². The second-order valence-corrected chi connectivity index (χ2v) is 4.06. The first-order valence-corrected chi connectivity index (χ1v) is 5.77. The van der Waals surface area contributed by atoms with Gasteiger partial charge in [0.05, 0.1) is 6.10 Å². The standard InChI is InChI=1S/C14H15FN2O/c15-12-6-2-1-5-10(12)14(18)11(9-16)13-7-3-4-8-17-13/h1-8,11,14,18H,9,16H2. The first-order valence-electron chi connectivity index (χ1n) is 5.77. The highest BCUT2D eigenvalue weighted by molar-refractivity contribution is 5.24. The fraction of sp³-hybridized carbons (Fsp3) is 0.214. The van der Waals surface area contributed by atoms with E-state index in [0.29, 0.717) is 5.69 Å². The third-order valence-corrected chi connectivity index (χ3v) is 2.93. The molecule has 0 aliphatic carbocycles. The Bertz CT molecular complexity index is 504. The first kappa shape index (κ1) is 12.7. The molecular weight excluding hydrogens is 231 g/mol. The number of hydrogen-bond donors (Lipinski definition) is 2. The molecular formula is C14H15FN2O. The Balaban J connectivity index is 2.32. The zero-order valence-corrected chi connectivity index (χ0v) is 9.83. The summed E-state index contributed by atoms with van der Waals surface area (Å²) in [6.07, 6.45) is 0.637. The normalized spacial score (nSPS) is 14.2. The lowest BCUT2D eigenvalue weighted by molar-refractivity contribution is 0.141. The molecule has 0 bridgehead atoms. The van der Waals surface area contributed by atoms with E-state index >= 15 is 0 Å². The van der Waals surface area contributed by atoms with E-state index in [4.69, 9.17) is 5.73 Å². The SMILES string of the molecule is NCC(c1ccccn1)C(O)c1ccccc1F. The molecule has 1 heterocycles. The van der Waals surface area contributed by atoms with Crippen molar-refractivity contribution in [3.05, 3.63) is 65.7 Å². The molecule has 3 nitrogen and oxygen atoms in total. The summed E-state index contributed by atoms with van der Waals surface area (Å²) in [4.78, 5) is 4.16. The van der Waals surface area contributed by atoms with Crippen LogP contribution in [0.15, 0.2) is 48.7 Å². The maximum Gasteiger partial charge on any atom is 0.129 e. The molecule has 2 rings (SSSR count). The second-order valence-electron chi connectivity index (χ2n) is 4.06. The molecule has 2 aromatic rings. The van der Waals surface area contributed by atoms with E-state index in [1.165, 1.54) is 6.07 Å². The monoisotopic (exact) mass is 246 g/mol. The maximum atomic E-state index is 13.6. The molecule has 2 atom stereocenters. The molecule has 4 heteroatoms. The molecule has 0 aliphatic heterocycles. The van der Waals surface area contributed by atoms with Crippen LogP contribution < -0.4 is 5.73 Å². The van der Waals surface area contributed by atoms with Crippen LogP contribution in [-0.2, 0) is 0 Å². The Morgan fingerprint density at radius 2 is 1.89 bits per heavy atom. The van der Waals surface area contributed by atoms with Crippen LogP contribution in [0.2, 0.25) is 0 Å². The van der Waals surface area contributed by atoms with Gasteiger partial charge in [0.1, 0.15) is 5.82 Å². The van der Waals surface area contributed by atoms with E-state index in [-0.39, 0.29) is 12.1 Å². The van der Waals surface area contributed by atoms with E-state index in [2.05, 4.69) is 4.98 Å². The molecule has 2 unspecified atom stereocenters. The lowest BCUT2D eigenvalue weighted by Gasteiger charge is -2.21. The quantitative estimate of drug-likeness (QED) is 0.867. The number of aromatic nitrogens is 1. The number of aliphatic hydroxyl groups is 1. The van der Waals surface area contributed by atoms with Crippen LogP contribution in [0.5, 0.6) is 0 Å². The lowest BCUT2D eigenvalue weighted by atomic mass is 9.92. The highest BCUT2D eigenvalue weighted by atomic mass is 19.1. The minimum atomic E-state index is -0.994. The van der Waals surface area contributed by atoms with Gasteiger partial charge in [-0.15, -0.1) is 0 Å². The largest absolute Gasteiger partial charge is 0.388 e. The Morgan fingerprint density at radius 3 is 2.50 bits per heavy atom. The van der Waals surface area contributed by atoms with Gasteiger partial charge >= 0.3 is 0 Å². The van der Waals surface area contributed by atoms with Crippen molar-refractivity contribution in [2.45, 2.75) is 12.0 Å². The summed E-state index contributed by atoms with van der Waals surface area (Å²) in [5, 5.41) is 10.3. The number of nitrogens with two attached hydrogens (primary N) is 1. The van der Waals surface area contributed by atoms with Gasteiger partial charge in [-0.3, -0.25) is 4.98 Å². The van der Waals surface area contributed by atoms with Gasteiger partial charge in [0.2, 0.25) is 0 Å². The van der Waals surface area contributed by atoms with E-state index in [0.717, 1.165) is 0 Å². The third-order valence-electron chi connectivity index (χ3n) is 2.93. The summed E-state index contributed by atoms with van der Waals surface area (Å²) >= 11 is 0. The molecule has 0 saturated heterocycles. The van der Waals surface area contributed by atoms with E-state index in [1.807, 2.05) is 6.07 Å². The van der Waals surface area contributed by atoms with Crippen molar-refractivity contribution in [2.75, 3.05) is 6.54 Å². The number of pyridine rings is 1. The van der Waals surface area contributed by atoms with Crippen molar-refractivity contribution in [2.24, 2.45) is 5.73 Å². The van der Waals surface area contributed by atoms with Crippen molar-refractivity contribution in [1.82, 2.24) is 4.98 Å². The van der Waals surface area contributed by atoms with Crippen LogP contribution in [0.25, 0.3) is 0 Å². The van der Waals surface area contributed by atoms with E-state index in [1.54, 1.807) is 36.5 Å². The molecule has 0 spiro atoms. The van der Waals surface area contributed by atoms with Crippen molar-refractivity contribution >= 4 is 0 Å². The molecule has 3 N–H and O–H groups in total. The molecule has 94 valence electrons. The van der Waals surface area contributed by atoms with Crippen molar-refractivity contribution in [3.63, 3.8) is 0 Å². The minimum Gasteiger partial charge on any atom is -0.388 e. The van der Waals surface area contributed by atoms with Gasteiger partial charge in [-0.05, 0) is 18.2 Å². The topological polar surface area (TPSA) is 59.1 Å². The fourth-order valence-corrected chi connectivity index (χ4v) is 1.94. The number of nitrogens with zero attached hydrogens (tertiary/aromatic N) is 1. The molecule has 0 radical (unpaired) electrons. The van der Waals surface area contributed by atoms with Gasteiger partial charge in [0.15, 0.2) is 0 Å². The molecule has 0 aliphatic rings. The average Bonchev–Trinajstić information content (AvgIpc) is 2.41. The van der Waals surface area contributed by atoms with Gasteiger partial charge < -0.3 is 10.8 Å². The summed E-state index contributed by atoms with van der Waals surface area (Å²) in [5.74, 6) is -0.845. The van der Waals surface area contributed by atoms with Crippen LogP contribution in [0.3, 0.4) is 0 Å². The van der Waals surface area contributed by atoms with Crippen LogP contribution in [0.1, 0.15) is 23.3 Å². The highest BCUT2D eigenvalue weighted by Gasteiger charge is 2.24. The van der Waals surface area contributed by atoms with E-state index in [9.17, 15) is 9.50 Å². The Labute approximate surface area is 105 Å². The number of halogens is 1. The van der Waals surface area contributed by atoms with Gasteiger partial charge in [0, 0.05) is 29.9 Å². The van der Waals surface area contributed by atoms with Crippen LogP contribution in [0.4, 0.5) is 4.39 Å².